The van der Waals surface area contributed by atoms with E-state index in [0.717, 1.165) is 18.4 Å². The van der Waals surface area contributed by atoms with Crippen molar-refractivity contribution in [3.05, 3.63) is 0 Å². The minimum absolute atomic E-state index is 0.0485. The van der Waals surface area contributed by atoms with Crippen molar-refractivity contribution in [3.63, 3.8) is 0 Å². The molecule has 11 heavy (non-hydrogen) atoms. The van der Waals surface area contributed by atoms with Crippen LogP contribution >= 0.6 is 12.6 Å². The van der Waals surface area contributed by atoms with Gasteiger partial charge in [0, 0.05) is 6.54 Å². The van der Waals surface area contributed by atoms with E-state index in [1.165, 1.54) is 6.42 Å². The Hall–Kier alpha value is -0.180. The third-order valence-corrected chi connectivity index (χ3v) is 2.43. The molecule has 64 valence electrons. The zero-order valence-electron chi connectivity index (χ0n) is 7.00. The van der Waals surface area contributed by atoms with Crippen LogP contribution in [0.25, 0.3) is 0 Å². The van der Waals surface area contributed by atoms with Crippen LogP contribution in [-0.2, 0) is 4.79 Å². The maximum atomic E-state index is 11.0. The van der Waals surface area contributed by atoms with Crippen LogP contribution in [0, 0.1) is 11.8 Å². The van der Waals surface area contributed by atoms with Gasteiger partial charge in [0.25, 0.3) is 0 Å². The normalized spacial score (nSPS) is 31.2. The second-order valence-corrected chi connectivity index (χ2v) is 4.17. The van der Waals surface area contributed by atoms with Gasteiger partial charge in [0.05, 0.1) is 5.25 Å². The molecule has 3 heteroatoms. The highest BCUT2D eigenvalue weighted by Gasteiger charge is 2.32. The van der Waals surface area contributed by atoms with E-state index in [4.69, 9.17) is 0 Å². The SMILES string of the molecule is CC(S)C(=O)NCC1CC1C. The highest BCUT2D eigenvalue weighted by Crippen LogP contribution is 2.36. The highest BCUT2D eigenvalue weighted by atomic mass is 32.1. The van der Waals surface area contributed by atoms with E-state index in [-0.39, 0.29) is 11.2 Å². The summed E-state index contributed by atoms with van der Waals surface area (Å²) in [6.45, 7) is 4.83. The van der Waals surface area contributed by atoms with Crippen LogP contribution in [0.4, 0.5) is 0 Å². The number of carbonyl (C=O) groups is 1. The van der Waals surface area contributed by atoms with Crippen molar-refractivity contribution in [2.24, 2.45) is 11.8 Å². The Morgan fingerprint density at radius 2 is 2.36 bits per heavy atom. The third-order valence-electron chi connectivity index (χ3n) is 2.19. The van der Waals surface area contributed by atoms with Gasteiger partial charge in [-0.25, -0.2) is 0 Å². The van der Waals surface area contributed by atoms with Crippen molar-refractivity contribution in [2.75, 3.05) is 6.54 Å². The van der Waals surface area contributed by atoms with Crippen molar-refractivity contribution >= 4 is 18.5 Å². The number of carbonyl (C=O) groups excluding carboxylic acids is 1. The Balaban J connectivity index is 2.07. The van der Waals surface area contributed by atoms with Crippen LogP contribution in [0.1, 0.15) is 20.3 Å². The average Bonchev–Trinajstić information content (AvgIpc) is 2.61. The summed E-state index contributed by atoms with van der Waals surface area (Å²) >= 11 is 4.03. The largest absolute Gasteiger partial charge is 0.355 e. The minimum atomic E-state index is -0.177. The molecule has 1 amide bonds. The number of nitrogens with one attached hydrogen (secondary N) is 1. The predicted octanol–water partition coefficient (Wildman–Crippen LogP) is 1.08. The van der Waals surface area contributed by atoms with E-state index in [9.17, 15) is 4.79 Å². The number of rotatable bonds is 3. The van der Waals surface area contributed by atoms with Crippen LogP contribution in [0.2, 0.25) is 0 Å². The fourth-order valence-corrected chi connectivity index (χ4v) is 1.15. The molecule has 1 saturated carbocycles. The first-order chi connectivity index (χ1) is 5.11. The van der Waals surface area contributed by atoms with Crippen LogP contribution in [0.3, 0.4) is 0 Å². The Morgan fingerprint density at radius 3 is 2.73 bits per heavy atom. The molecule has 1 N–H and O–H groups in total. The summed E-state index contributed by atoms with van der Waals surface area (Å²) in [5.41, 5.74) is 0. The molecular weight excluding hydrogens is 158 g/mol. The van der Waals surface area contributed by atoms with E-state index in [0.29, 0.717) is 0 Å². The van der Waals surface area contributed by atoms with Gasteiger partial charge in [-0.3, -0.25) is 4.79 Å². The molecule has 3 atom stereocenters. The summed E-state index contributed by atoms with van der Waals surface area (Å²) in [6, 6.07) is 0. The second-order valence-electron chi connectivity index (χ2n) is 3.39. The molecule has 1 rings (SSSR count). The molecule has 1 aliphatic carbocycles. The Kier molecular flexibility index (Phi) is 2.82. The molecule has 0 spiro atoms. The van der Waals surface area contributed by atoms with E-state index in [1.807, 2.05) is 0 Å². The van der Waals surface area contributed by atoms with Crippen molar-refractivity contribution in [2.45, 2.75) is 25.5 Å². The average molecular weight is 173 g/mol. The van der Waals surface area contributed by atoms with Crippen LogP contribution in [0.5, 0.6) is 0 Å². The van der Waals surface area contributed by atoms with Gasteiger partial charge in [-0.05, 0) is 25.2 Å². The highest BCUT2D eigenvalue weighted by molar-refractivity contribution is 7.81. The van der Waals surface area contributed by atoms with Crippen LogP contribution in [0.15, 0.2) is 0 Å². The molecule has 0 heterocycles. The lowest BCUT2D eigenvalue weighted by atomic mass is 10.3. The predicted molar refractivity (Wildman–Crippen MR) is 48.7 cm³/mol. The van der Waals surface area contributed by atoms with E-state index in [2.05, 4.69) is 24.9 Å². The van der Waals surface area contributed by atoms with Crippen molar-refractivity contribution in [1.29, 1.82) is 0 Å². The summed E-state index contributed by atoms with van der Waals surface area (Å²) in [5.74, 6) is 1.59. The first kappa shape index (κ1) is 8.91. The van der Waals surface area contributed by atoms with Crippen molar-refractivity contribution < 1.29 is 4.79 Å². The molecule has 0 saturated heterocycles. The lowest BCUT2D eigenvalue weighted by molar-refractivity contribution is -0.120. The summed E-state index contributed by atoms with van der Waals surface area (Å²) < 4.78 is 0. The van der Waals surface area contributed by atoms with Gasteiger partial charge >= 0.3 is 0 Å². The summed E-state index contributed by atoms with van der Waals surface area (Å²) in [7, 11) is 0. The summed E-state index contributed by atoms with van der Waals surface area (Å²) in [6.07, 6.45) is 1.27. The van der Waals surface area contributed by atoms with E-state index < -0.39 is 0 Å². The first-order valence-corrected chi connectivity index (χ1v) is 4.58. The first-order valence-electron chi connectivity index (χ1n) is 4.07. The molecule has 0 aromatic rings. The quantitative estimate of drug-likeness (QED) is 0.614. The van der Waals surface area contributed by atoms with Gasteiger partial charge in [0.1, 0.15) is 0 Å². The second kappa shape index (κ2) is 3.48. The summed E-state index contributed by atoms with van der Waals surface area (Å²) in [5, 5.41) is 2.68. The molecule has 0 radical (unpaired) electrons. The van der Waals surface area contributed by atoms with Crippen molar-refractivity contribution in [1.82, 2.24) is 5.32 Å². The Labute approximate surface area is 73.2 Å². The number of hydrogen-bond donors (Lipinski definition) is 2. The fraction of sp³-hybridized carbons (Fsp3) is 0.875. The molecule has 1 aliphatic rings. The Morgan fingerprint density at radius 1 is 1.82 bits per heavy atom. The molecular formula is C8H15NOS. The molecule has 0 bridgehead atoms. The number of hydrogen-bond acceptors (Lipinski definition) is 2. The van der Waals surface area contributed by atoms with E-state index >= 15 is 0 Å². The maximum absolute atomic E-state index is 11.0. The van der Waals surface area contributed by atoms with E-state index in [1.54, 1.807) is 6.92 Å². The Bertz CT molecular complexity index is 158. The van der Waals surface area contributed by atoms with Gasteiger partial charge in [-0.1, -0.05) is 6.92 Å². The van der Waals surface area contributed by atoms with Crippen LogP contribution in [-0.4, -0.2) is 17.7 Å². The molecule has 3 unspecified atom stereocenters. The van der Waals surface area contributed by atoms with Crippen LogP contribution < -0.4 is 5.32 Å². The lowest BCUT2D eigenvalue weighted by Crippen LogP contribution is -2.31. The molecule has 0 aromatic carbocycles. The molecule has 2 nitrogen and oxygen atoms in total. The van der Waals surface area contributed by atoms with Gasteiger partial charge in [-0.15, -0.1) is 0 Å². The van der Waals surface area contributed by atoms with Gasteiger partial charge < -0.3 is 5.32 Å². The zero-order chi connectivity index (χ0) is 8.43. The van der Waals surface area contributed by atoms with Gasteiger partial charge in [0.15, 0.2) is 0 Å². The van der Waals surface area contributed by atoms with Gasteiger partial charge in [-0.2, -0.15) is 12.6 Å². The maximum Gasteiger partial charge on any atom is 0.232 e. The fourth-order valence-electron chi connectivity index (χ4n) is 1.06. The molecule has 0 aromatic heterocycles. The number of thiol groups is 1. The smallest absolute Gasteiger partial charge is 0.232 e. The zero-order valence-corrected chi connectivity index (χ0v) is 7.90. The molecule has 0 aliphatic heterocycles. The topological polar surface area (TPSA) is 29.1 Å². The third kappa shape index (κ3) is 2.73. The minimum Gasteiger partial charge on any atom is -0.355 e. The standard InChI is InChI=1S/C8H15NOS/c1-5-3-7(5)4-9-8(10)6(2)11/h5-7,11H,3-4H2,1-2H3,(H,9,10). The molecule has 1 fully saturated rings. The summed E-state index contributed by atoms with van der Waals surface area (Å²) in [4.78, 5) is 11.0. The van der Waals surface area contributed by atoms with Crippen molar-refractivity contribution in [3.8, 4) is 0 Å². The number of amides is 1. The lowest BCUT2D eigenvalue weighted by Gasteiger charge is -2.05. The van der Waals surface area contributed by atoms with Gasteiger partial charge in [0.2, 0.25) is 5.91 Å². The monoisotopic (exact) mass is 173 g/mol.